The first-order valence-corrected chi connectivity index (χ1v) is 6.38. The molecule has 0 aliphatic heterocycles. The monoisotopic (exact) mass is 351 g/mol. The zero-order valence-corrected chi connectivity index (χ0v) is 12.3. The van der Waals surface area contributed by atoms with Crippen molar-refractivity contribution >= 4 is 27.8 Å². The molecular weight excluding hydrogens is 339 g/mol. The Hall–Kier alpha value is -1.57. The number of rotatable bonds is 2. The van der Waals surface area contributed by atoms with Gasteiger partial charge in [-0.15, -0.1) is 0 Å². The average Bonchev–Trinajstić information content (AvgIpc) is 2.25. The van der Waals surface area contributed by atoms with E-state index in [1.54, 1.807) is 13.8 Å². The Morgan fingerprint density at radius 2 is 1.85 bits per heavy atom. The molecule has 0 aliphatic carbocycles. The molecule has 0 atom stereocenters. The molecule has 1 rings (SSSR count). The van der Waals surface area contributed by atoms with E-state index in [1.807, 2.05) is 0 Å². The summed E-state index contributed by atoms with van der Waals surface area (Å²) >= 11 is 2.87. The number of nitrogens with zero attached hydrogens (tertiary/aromatic N) is 1. The van der Waals surface area contributed by atoms with E-state index in [1.165, 1.54) is 6.07 Å². The quantitative estimate of drug-likeness (QED) is 0.634. The Bertz CT molecular complexity index is 564. The molecule has 0 fully saturated rings. The van der Waals surface area contributed by atoms with Gasteiger partial charge in [0.25, 0.3) is 5.91 Å². The van der Waals surface area contributed by atoms with Crippen molar-refractivity contribution in [3.63, 3.8) is 0 Å². The molecule has 110 valence electrons. The topological polar surface area (TPSA) is 81.5 Å². The molecule has 0 saturated heterocycles. The van der Waals surface area contributed by atoms with Crippen molar-refractivity contribution in [1.29, 1.82) is 0 Å². The molecule has 4 nitrogen and oxygen atoms in total. The molecule has 0 unspecified atom stereocenters. The van der Waals surface area contributed by atoms with Crippen molar-refractivity contribution in [3.8, 4) is 0 Å². The maximum atomic E-state index is 12.9. The highest BCUT2D eigenvalue weighted by Crippen LogP contribution is 2.38. The van der Waals surface area contributed by atoms with Crippen LogP contribution in [0.4, 0.5) is 13.2 Å². The second kappa shape index (κ2) is 5.82. The number of aliphatic imine (C=N–C) groups is 1. The summed E-state index contributed by atoms with van der Waals surface area (Å²) in [4.78, 5) is 15.1. The molecule has 8 heteroatoms. The Morgan fingerprint density at radius 3 is 2.25 bits per heavy atom. The predicted octanol–water partition coefficient (Wildman–Crippen LogP) is 3.00. The van der Waals surface area contributed by atoms with Crippen molar-refractivity contribution in [1.82, 2.24) is 0 Å². The predicted molar refractivity (Wildman–Crippen MR) is 73.4 cm³/mol. The zero-order valence-electron chi connectivity index (χ0n) is 10.8. The van der Waals surface area contributed by atoms with Crippen molar-refractivity contribution in [2.24, 2.45) is 16.5 Å². The smallest absolute Gasteiger partial charge is 0.370 e. The number of amides is 1. The van der Waals surface area contributed by atoms with Crippen molar-refractivity contribution < 1.29 is 18.0 Å². The second-order valence-corrected chi connectivity index (χ2v) is 5.27. The third-order valence-corrected chi connectivity index (χ3v) is 3.18. The molecule has 0 bridgehead atoms. The van der Waals surface area contributed by atoms with Gasteiger partial charge in [-0.3, -0.25) is 4.79 Å². The SMILES string of the molecule is CC(C)c1cc(Br)c(C(F)(F)F)cc1C(=O)N=C(N)N. The molecule has 4 N–H and O–H groups in total. The largest absolute Gasteiger partial charge is 0.417 e. The van der Waals surface area contributed by atoms with Crippen molar-refractivity contribution in [2.75, 3.05) is 0 Å². The minimum Gasteiger partial charge on any atom is -0.370 e. The van der Waals surface area contributed by atoms with E-state index in [0.29, 0.717) is 5.56 Å². The van der Waals surface area contributed by atoms with Gasteiger partial charge in [-0.25, -0.2) is 0 Å². The van der Waals surface area contributed by atoms with Crippen LogP contribution in [0.5, 0.6) is 0 Å². The van der Waals surface area contributed by atoms with Gasteiger partial charge in [-0.05, 0) is 23.6 Å². The van der Waals surface area contributed by atoms with Crippen molar-refractivity contribution in [3.05, 3.63) is 33.3 Å². The summed E-state index contributed by atoms with van der Waals surface area (Å²) in [6, 6.07) is 2.02. The number of halogens is 4. The summed E-state index contributed by atoms with van der Waals surface area (Å²) in [5.41, 5.74) is 9.49. The maximum absolute atomic E-state index is 12.9. The summed E-state index contributed by atoms with van der Waals surface area (Å²) in [5.74, 6) is -1.56. The third-order valence-electron chi connectivity index (χ3n) is 2.53. The number of hydrogen-bond donors (Lipinski definition) is 2. The molecule has 1 aromatic carbocycles. The van der Waals surface area contributed by atoms with E-state index < -0.39 is 23.6 Å². The lowest BCUT2D eigenvalue weighted by Gasteiger charge is -2.16. The normalized spacial score (nSPS) is 11.6. The molecule has 0 aliphatic rings. The molecule has 1 aromatic rings. The Balaban J connectivity index is 3.54. The number of nitrogens with two attached hydrogens (primary N) is 2. The summed E-state index contributed by atoms with van der Waals surface area (Å²) < 4.78 is 38.5. The lowest BCUT2D eigenvalue weighted by molar-refractivity contribution is -0.138. The number of carbonyl (C=O) groups is 1. The second-order valence-electron chi connectivity index (χ2n) is 4.41. The number of benzene rings is 1. The van der Waals surface area contributed by atoms with Crippen LogP contribution in [0.25, 0.3) is 0 Å². The molecule has 20 heavy (non-hydrogen) atoms. The van der Waals surface area contributed by atoms with Crippen LogP contribution in [0.3, 0.4) is 0 Å². The Labute approximate surface area is 122 Å². The fourth-order valence-electron chi connectivity index (χ4n) is 1.65. The highest BCUT2D eigenvalue weighted by atomic mass is 79.9. The van der Waals surface area contributed by atoms with E-state index in [-0.39, 0.29) is 16.0 Å². The summed E-state index contributed by atoms with van der Waals surface area (Å²) in [6.45, 7) is 3.50. The van der Waals surface area contributed by atoms with E-state index in [0.717, 1.165) is 6.07 Å². The standard InChI is InChI=1S/C12H13BrF3N3O/c1-5(2)6-4-9(13)8(12(14,15)16)3-7(6)10(20)19-11(17)18/h3-5H,1-2H3,(H4,17,18,19,20). The third kappa shape index (κ3) is 3.72. The van der Waals surface area contributed by atoms with Crippen molar-refractivity contribution in [2.45, 2.75) is 25.9 Å². The molecule has 0 saturated carbocycles. The Kier molecular flexibility index (Phi) is 4.80. The van der Waals surface area contributed by atoms with E-state index in [4.69, 9.17) is 11.5 Å². The van der Waals surface area contributed by atoms with Gasteiger partial charge in [-0.1, -0.05) is 29.8 Å². The molecule has 0 radical (unpaired) electrons. The van der Waals surface area contributed by atoms with Gasteiger partial charge in [0.05, 0.1) is 5.56 Å². The van der Waals surface area contributed by atoms with Gasteiger partial charge < -0.3 is 11.5 Å². The zero-order chi connectivity index (χ0) is 15.7. The average molecular weight is 352 g/mol. The summed E-state index contributed by atoms with van der Waals surface area (Å²) in [7, 11) is 0. The first-order chi connectivity index (χ1) is 9.04. The fraction of sp³-hybridized carbons (Fsp3) is 0.333. The van der Waals surface area contributed by atoms with Crippen LogP contribution in [0.2, 0.25) is 0 Å². The molecule has 1 amide bonds. The van der Waals surface area contributed by atoms with E-state index >= 15 is 0 Å². The van der Waals surface area contributed by atoms with Crippen LogP contribution >= 0.6 is 15.9 Å². The first kappa shape index (κ1) is 16.5. The van der Waals surface area contributed by atoms with Crippen LogP contribution in [0, 0.1) is 0 Å². The van der Waals surface area contributed by atoms with Crippen LogP contribution in [0.1, 0.15) is 41.3 Å². The van der Waals surface area contributed by atoms with Crippen LogP contribution in [-0.4, -0.2) is 11.9 Å². The number of hydrogen-bond acceptors (Lipinski definition) is 1. The van der Waals surface area contributed by atoms with E-state index in [9.17, 15) is 18.0 Å². The Morgan fingerprint density at radius 1 is 1.30 bits per heavy atom. The lowest BCUT2D eigenvalue weighted by atomic mass is 9.94. The molecule has 0 spiro atoms. The van der Waals surface area contributed by atoms with Crippen LogP contribution in [-0.2, 0) is 6.18 Å². The van der Waals surface area contributed by atoms with Gasteiger partial charge in [0.1, 0.15) is 0 Å². The molecular formula is C12H13BrF3N3O. The van der Waals surface area contributed by atoms with Gasteiger partial charge in [0, 0.05) is 10.0 Å². The number of guanidine groups is 1. The maximum Gasteiger partial charge on any atom is 0.417 e. The summed E-state index contributed by atoms with van der Waals surface area (Å²) in [6.07, 6.45) is -4.58. The van der Waals surface area contributed by atoms with Gasteiger partial charge >= 0.3 is 6.18 Å². The first-order valence-electron chi connectivity index (χ1n) is 5.58. The van der Waals surface area contributed by atoms with E-state index in [2.05, 4.69) is 20.9 Å². The molecule has 0 heterocycles. The molecule has 0 aromatic heterocycles. The van der Waals surface area contributed by atoms with Crippen LogP contribution in [0.15, 0.2) is 21.6 Å². The summed E-state index contributed by atoms with van der Waals surface area (Å²) in [5, 5.41) is 0. The van der Waals surface area contributed by atoms with Gasteiger partial charge in [-0.2, -0.15) is 18.2 Å². The van der Waals surface area contributed by atoms with Gasteiger partial charge in [0.15, 0.2) is 5.96 Å². The number of carbonyl (C=O) groups excluding carboxylic acids is 1. The highest BCUT2D eigenvalue weighted by molar-refractivity contribution is 9.10. The van der Waals surface area contributed by atoms with Gasteiger partial charge in [0.2, 0.25) is 0 Å². The minimum atomic E-state index is -4.58. The minimum absolute atomic E-state index is 0.130. The fourth-order valence-corrected chi connectivity index (χ4v) is 2.23. The highest BCUT2D eigenvalue weighted by Gasteiger charge is 2.34. The lowest BCUT2D eigenvalue weighted by Crippen LogP contribution is -2.24. The van der Waals surface area contributed by atoms with Crippen LogP contribution < -0.4 is 11.5 Å². The number of alkyl halides is 3.